The number of aryl methyl sites for hydroxylation is 1. The molecule has 12 nitrogen and oxygen atoms in total. The number of rotatable bonds is 7. The van der Waals surface area contributed by atoms with E-state index in [1.807, 2.05) is 11.6 Å². The number of halogens is 2. The number of ether oxygens (including phenoxy) is 1. The molecule has 0 unspecified atom stereocenters. The fraction of sp³-hybridized carbons (Fsp3) is 0.568. The molecule has 4 aliphatic rings. The molecule has 0 radical (unpaired) electrons. The molecule has 4 atom stereocenters. The summed E-state index contributed by atoms with van der Waals surface area (Å²) < 4.78 is 35.4. The average Bonchev–Trinajstić information content (AvgIpc) is 3.82. The lowest BCUT2D eigenvalue weighted by molar-refractivity contribution is -0.155. The lowest BCUT2D eigenvalue weighted by Gasteiger charge is -2.35. The zero-order valence-electron chi connectivity index (χ0n) is 34.9. The number of nitrogens with one attached hydrogen (secondary N) is 2. The van der Waals surface area contributed by atoms with Gasteiger partial charge in [-0.3, -0.25) is 24.4 Å². The number of carbonyl (C=O) groups is 3. The SMILES string of the molecule is CCn1c(-c2cc(N3CCN(C)CC3)cnc2C(C)C)c2c3cc(ccc31)-c1csc(n1)C[C@H](NC(=O)[C@@H]1C[C@H]1C(F)F)C(=O)N1CCC[C@H](N1)C(=O)OCC(C)(C)C2. The van der Waals surface area contributed by atoms with Gasteiger partial charge >= 0.3 is 5.97 Å². The number of alkyl halides is 2. The summed E-state index contributed by atoms with van der Waals surface area (Å²) in [5, 5.41) is 7.82. The van der Waals surface area contributed by atoms with Gasteiger partial charge in [0.15, 0.2) is 0 Å². The number of thiazole rings is 1. The molecular formula is C44H56F2N8O4S. The number of hydrogen-bond donors (Lipinski definition) is 2. The molecule has 6 heterocycles. The van der Waals surface area contributed by atoms with Crippen LogP contribution in [0.3, 0.4) is 0 Å². The van der Waals surface area contributed by atoms with Crippen LogP contribution in [0.15, 0.2) is 35.8 Å². The van der Waals surface area contributed by atoms with E-state index in [1.54, 1.807) is 0 Å². The van der Waals surface area contributed by atoms with E-state index in [-0.39, 0.29) is 25.4 Å². The predicted molar refractivity (Wildman–Crippen MR) is 225 cm³/mol. The highest BCUT2D eigenvalue weighted by atomic mass is 32.1. The molecule has 1 saturated carbocycles. The maximum atomic E-state index is 14.1. The van der Waals surface area contributed by atoms with Crippen LogP contribution in [0.2, 0.25) is 0 Å². The number of anilines is 1. The van der Waals surface area contributed by atoms with Crippen molar-refractivity contribution >= 4 is 45.7 Å². The molecule has 15 heteroatoms. The van der Waals surface area contributed by atoms with E-state index < -0.39 is 53.5 Å². The van der Waals surface area contributed by atoms with Crippen molar-refractivity contribution in [1.29, 1.82) is 0 Å². The minimum atomic E-state index is -2.60. The van der Waals surface area contributed by atoms with Gasteiger partial charge in [0.1, 0.15) is 12.1 Å². The molecule has 3 aromatic heterocycles. The Morgan fingerprint density at radius 1 is 1.12 bits per heavy atom. The fourth-order valence-electron chi connectivity index (χ4n) is 8.94. The first kappa shape index (κ1) is 41.3. The second-order valence-electron chi connectivity index (χ2n) is 17.9. The molecule has 1 aliphatic carbocycles. The standard InChI is InChI=1S/C44H56F2N8O4S/c1-7-53-36-11-10-26-17-28(36)32(39(53)31-18-27(22-47-38(31)25(2)3)52-15-13-51(6)14-16-52)21-44(4,5)24-58-43(57)33-9-8-12-54(50-33)42(56)34(20-37-48-35(26)23-59-37)49-41(55)30-19-29(30)40(45)46/h10-11,17-18,22-23,25,29-30,33-34,40,50H,7-9,12-16,19-21,24H2,1-6H3,(H,49,55)/t29-,30-,33+,34+/m1/s1. The van der Waals surface area contributed by atoms with Crippen molar-refractivity contribution < 1.29 is 27.9 Å². The topological polar surface area (TPSA) is 125 Å². The van der Waals surface area contributed by atoms with Crippen LogP contribution in [-0.2, 0) is 38.5 Å². The Hall–Kier alpha value is -4.47. The van der Waals surface area contributed by atoms with Gasteiger partial charge in [-0.15, -0.1) is 11.3 Å². The largest absolute Gasteiger partial charge is 0.464 e. The number of carbonyl (C=O) groups excluding carboxylic acids is 3. The highest BCUT2D eigenvalue weighted by molar-refractivity contribution is 7.10. The first-order chi connectivity index (χ1) is 28.2. The van der Waals surface area contributed by atoms with Crippen LogP contribution in [-0.4, -0.2) is 107 Å². The van der Waals surface area contributed by atoms with Gasteiger partial charge in [0.25, 0.3) is 5.91 Å². The van der Waals surface area contributed by atoms with E-state index in [0.717, 1.165) is 83.1 Å². The quantitative estimate of drug-likeness (QED) is 0.208. The molecule has 4 aromatic rings. The highest BCUT2D eigenvalue weighted by Crippen LogP contribution is 2.44. The van der Waals surface area contributed by atoms with Crippen molar-refractivity contribution in [3.63, 3.8) is 0 Å². The van der Waals surface area contributed by atoms with Gasteiger partial charge in [-0.1, -0.05) is 33.8 Å². The summed E-state index contributed by atoms with van der Waals surface area (Å²) in [6.07, 6.45) is 1.20. The average molecular weight is 831 g/mol. The number of piperazine rings is 1. The normalized spacial score (nSPS) is 24.1. The maximum Gasteiger partial charge on any atom is 0.324 e. The lowest BCUT2D eigenvalue weighted by atomic mass is 9.84. The number of likely N-dealkylation sites (N-methyl/N-ethyl adjacent to an activating group) is 1. The number of amides is 2. The van der Waals surface area contributed by atoms with Gasteiger partial charge < -0.3 is 24.4 Å². The van der Waals surface area contributed by atoms with Gasteiger partial charge in [0, 0.05) is 90.4 Å². The van der Waals surface area contributed by atoms with E-state index in [2.05, 4.69) is 91.0 Å². The highest BCUT2D eigenvalue weighted by Gasteiger charge is 2.50. The van der Waals surface area contributed by atoms with Crippen molar-refractivity contribution in [3.8, 4) is 22.5 Å². The Bertz CT molecular complexity index is 2230. The van der Waals surface area contributed by atoms with Crippen LogP contribution < -0.4 is 15.6 Å². The third-order valence-electron chi connectivity index (χ3n) is 12.4. The Kier molecular flexibility index (Phi) is 11.6. The summed E-state index contributed by atoms with van der Waals surface area (Å²) in [6, 6.07) is 6.91. The van der Waals surface area contributed by atoms with E-state index in [1.165, 1.54) is 16.3 Å². The summed E-state index contributed by atoms with van der Waals surface area (Å²) in [5.41, 5.74) is 10.8. The van der Waals surface area contributed by atoms with Crippen LogP contribution in [0.1, 0.15) is 76.1 Å². The second kappa shape index (κ2) is 16.5. The number of pyridine rings is 1. The number of cyclic esters (lactones) is 1. The van der Waals surface area contributed by atoms with E-state index >= 15 is 0 Å². The molecule has 8 rings (SSSR count). The molecule has 316 valence electrons. The molecule has 0 spiro atoms. The summed E-state index contributed by atoms with van der Waals surface area (Å²) in [6.45, 7) is 15.8. The molecule has 2 saturated heterocycles. The van der Waals surface area contributed by atoms with Gasteiger partial charge in [0.2, 0.25) is 12.3 Å². The lowest BCUT2D eigenvalue weighted by Crippen LogP contribution is -2.60. The molecule has 2 amide bonds. The number of fused-ring (bicyclic) bond motifs is 6. The molecule has 3 fully saturated rings. The number of benzene rings is 1. The Balaban J connectivity index is 1.24. The molecule has 59 heavy (non-hydrogen) atoms. The van der Waals surface area contributed by atoms with Crippen molar-refractivity contribution in [2.45, 2.75) is 97.7 Å². The van der Waals surface area contributed by atoms with Gasteiger partial charge in [-0.05, 0) is 69.3 Å². The first-order valence-corrected chi connectivity index (χ1v) is 22.0. The Morgan fingerprint density at radius 3 is 2.61 bits per heavy atom. The Labute approximate surface area is 348 Å². The van der Waals surface area contributed by atoms with Gasteiger partial charge in [0.05, 0.1) is 40.6 Å². The van der Waals surface area contributed by atoms with Crippen LogP contribution in [0.4, 0.5) is 14.5 Å². The Morgan fingerprint density at radius 2 is 1.90 bits per heavy atom. The molecule has 1 aromatic carbocycles. The predicted octanol–water partition coefficient (Wildman–Crippen LogP) is 6.27. The third-order valence-corrected chi connectivity index (χ3v) is 13.3. The first-order valence-electron chi connectivity index (χ1n) is 21.1. The maximum absolute atomic E-state index is 14.1. The molecule has 6 bridgehead atoms. The van der Waals surface area contributed by atoms with Crippen molar-refractivity contribution in [2.75, 3.05) is 51.3 Å². The van der Waals surface area contributed by atoms with Crippen molar-refractivity contribution in [3.05, 3.63) is 52.1 Å². The zero-order valence-corrected chi connectivity index (χ0v) is 35.7. The number of hydrogen-bond acceptors (Lipinski definition) is 10. The monoisotopic (exact) mass is 830 g/mol. The summed E-state index contributed by atoms with van der Waals surface area (Å²) in [7, 11) is 2.16. The summed E-state index contributed by atoms with van der Waals surface area (Å²) in [5.74, 6) is -3.16. The molecule has 2 N–H and O–H groups in total. The molecular weight excluding hydrogens is 775 g/mol. The minimum Gasteiger partial charge on any atom is -0.464 e. The van der Waals surface area contributed by atoms with Crippen LogP contribution in [0.25, 0.3) is 33.4 Å². The number of nitrogens with zero attached hydrogens (tertiary/aromatic N) is 6. The number of aromatic nitrogens is 3. The van der Waals surface area contributed by atoms with Gasteiger partial charge in [-0.25, -0.2) is 19.2 Å². The smallest absolute Gasteiger partial charge is 0.324 e. The van der Waals surface area contributed by atoms with E-state index in [0.29, 0.717) is 30.8 Å². The van der Waals surface area contributed by atoms with E-state index in [4.69, 9.17) is 14.7 Å². The van der Waals surface area contributed by atoms with E-state index in [9.17, 15) is 23.2 Å². The van der Waals surface area contributed by atoms with Crippen LogP contribution in [0, 0.1) is 17.3 Å². The fourth-order valence-corrected chi connectivity index (χ4v) is 9.79. The number of hydrazine groups is 1. The third kappa shape index (κ3) is 8.47. The molecule has 3 aliphatic heterocycles. The minimum absolute atomic E-state index is 0.0707. The second-order valence-corrected chi connectivity index (χ2v) is 18.8. The van der Waals surface area contributed by atoms with Gasteiger partial charge in [-0.2, -0.15) is 0 Å². The van der Waals surface area contributed by atoms with Crippen LogP contribution in [0.5, 0.6) is 0 Å². The zero-order chi connectivity index (χ0) is 41.7. The summed E-state index contributed by atoms with van der Waals surface area (Å²) in [4.78, 5) is 56.0. The van der Waals surface area contributed by atoms with Crippen molar-refractivity contribution in [1.82, 2.24) is 35.2 Å². The van der Waals surface area contributed by atoms with Crippen LogP contribution >= 0.6 is 11.3 Å². The summed E-state index contributed by atoms with van der Waals surface area (Å²) >= 11 is 1.39. The van der Waals surface area contributed by atoms with Crippen molar-refractivity contribution in [2.24, 2.45) is 17.3 Å². The number of esters is 1.